The topological polar surface area (TPSA) is 70.2 Å². The molecule has 0 radical (unpaired) electrons. The molecule has 0 fully saturated rings. The zero-order valence-corrected chi connectivity index (χ0v) is 16.4. The highest BCUT2D eigenvalue weighted by molar-refractivity contribution is 7.98. The first-order valence-electron chi connectivity index (χ1n) is 9.14. The van der Waals surface area contributed by atoms with Gasteiger partial charge in [0.25, 0.3) is 5.91 Å². The van der Waals surface area contributed by atoms with Crippen LogP contribution in [0, 0.1) is 11.3 Å². The van der Waals surface area contributed by atoms with E-state index in [-0.39, 0.29) is 5.91 Å². The van der Waals surface area contributed by atoms with Crippen LogP contribution < -0.4 is 5.32 Å². The van der Waals surface area contributed by atoms with Crippen molar-refractivity contribution in [2.45, 2.75) is 17.2 Å². The first-order valence-corrected chi connectivity index (χ1v) is 10.1. The molecule has 29 heavy (non-hydrogen) atoms. The standard InChI is InChI=1S/C23H18N4OS/c24-13-17-8-10-18(11-9-17)14-25-23(28)20-5-1-2-6-21(20)29-16-19-15-27-12-4-3-7-22(27)26-19/h1-12,15H,14,16H2,(H,25,28). The number of hydrogen-bond donors (Lipinski definition) is 1. The summed E-state index contributed by atoms with van der Waals surface area (Å²) in [7, 11) is 0. The van der Waals surface area contributed by atoms with Crippen LogP contribution in [0.15, 0.2) is 84.0 Å². The lowest BCUT2D eigenvalue weighted by Gasteiger charge is -2.09. The first kappa shape index (κ1) is 18.8. The Hall–Kier alpha value is -3.56. The molecule has 2 aromatic heterocycles. The second kappa shape index (κ2) is 8.63. The van der Waals surface area contributed by atoms with Gasteiger partial charge >= 0.3 is 0 Å². The van der Waals surface area contributed by atoms with Gasteiger partial charge in [-0.15, -0.1) is 11.8 Å². The van der Waals surface area contributed by atoms with Gasteiger partial charge in [-0.05, 0) is 42.0 Å². The van der Waals surface area contributed by atoms with Crippen LogP contribution in [0.1, 0.15) is 27.2 Å². The molecule has 0 unspecified atom stereocenters. The highest BCUT2D eigenvalue weighted by Crippen LogP contribution is 2.26. The van der Waals surface area contributed by atoms with Crippen molar-refractivity contribution in [3.8, 4) is 6.07 Å². The summed E-state index contributed by atoms with van der Waals surface area (Å²) in [6.45, 7) is 0.413. The number of hydrogen-bond acceptors (Lipinski definition) is 4. The van der Waals surface area contributed by atoms with E-state index in [9.17, 15) is 4.79 Å². The van der Waals surface area contributed by atoms with Crippen LogP contribution in [-0.2, 0) is 12.3 Å². The lowest BCUT2D eigenvalue weighted by Crippen LogP contribution is -2.23. The van der Waals surface area contributed by atoms with E-state index in [2.05, 4.69) is 16.4 Å². The van der Waals surface area contributed by atoms with Crippen molar-refractivity contribution in [2.24, 2.45) is 0 Å². The number of nitriles is 1. The van der Waals surface area contributed by atoms with Gasteiger partial charge in [-0.3, -0.25) is 4.79 Å². The lowest BCUT2D eigenvalue weighted by atomic mass is 10.1. The third-order valence-electron chi connectivity index (χ3n) is 4.46. The van der Waals surface area contributed by atoms with Crippen molar-refractivity contribution in [2.75, 3.05) is 0 Å². The number of benzene rings is 2. The number of carbonyl (C=O) groups excluding carboxylic acids is 1. The molecular formula is C23H18N4OS. The predicted molar refractivity (Wildman–Crippen MR) is 114 cm³/mol. The molecule has 5 nitrogen and oxygen atoms in total. The van der Waals surface area contributed by atoms with Crippen LogP contribution >= 0.6 is 11.8 Å². The summed E-state index contributed by atoms with van der Waals surface area (Å²) in [4.78, 5) is 18.2. The van der Waals surface area contributed by atoms with Gasteiger partial charge in [0, 0.05) is 29.6 Å². The highest BCUT2D eigenvalue weighted by Gasteiger charge is 2.12. The molecule has 6 heteroatoms. The van der Waals surface area contributed by atoms with Crippen molar-refractivity contribution in [3.63, 3.8) is 0 Å². The molecule has 0 aliphatic heterocycles. The molecule has 4 rings (SSSR count). The van der Waals surface area contributed by atoms with Crippen LogP contribution in [0.4, 0.5) is 0 Å². The number of thioether (sulfide) groups is 1. The molecule has 2 aromatic carbocycles. The van der Waals surface area contributed by atoms with E-state index in [1.807, 2.05) is 71.4 Å². The van der Waals surface area contributed by atoms with Gasteiger partial charge in [0.05, 0.1) is 22.9 Å². The number of pyridine rings is 1. The minimum atomic E-state index is -0.118. The number of carbonyl (C=O) groups is 1. The summed E-state index contributed by atoms with van der Waals surface area (Å²) in [5.41, 5.74) is 4.08. The first-order chi connectivity index (χ1) is 14.2. The van der Waals surface area contributed by atoms with Crippen LogP contribution in [0.5, 0.6) is 0 Å². The molecule has 0 aliphatic carbocycles. The Balaban J connectivity index is 1.42. The number of fused-ring (bicyclic) bond motifs is 1. The highest BCUT2D eigenvalue weighted by atomic mass is 32.2. The lowest BCUT2D eigenvalue weighted by molar-refractivity contribution is 0.0948. The Labute approximate surface area is 173 Å². The van der Waals surface area contributed by atoms with Crippen LogP contribution in [-0.4, -0.2) is 15.3 Å². The van der Waals surface area contributed by atoms with Crippen molar-refractivity contribution >= 4 is 23.3 Å². The van der Waals surface area contributed by atoms with Crippen LogP contribution in [0.3, 0.4) is 0 Å². The van der Waals surface area contributed by atoms with E-state index < -0.39 is 0 Å². The van der Waals surface area contributed by atoms with Crippen molar-refractivity contribution in [1.82, 2.24) is 14.7 Å². The Morgan fingerprint density at radius 2 is 1.86 bits per heavy atom. The average Bonchev–Trinajstić information content (AvgIpc) is 3.19. The van der Waals surface area contributed by atoms with Gasteiger partial charge < -0.3 is 9.72 Å². The molecule has 1 N–H and O–H groups in total. The second-order valence-electron chi connectivity index (χ2n) is 6.47. The summed E-state index contributed by atoms with van der Waals surface area (Å²) in [6, 6.07) is 22.8. The molecule has 142 valence electrons. The van der Waals surface area contributed by atoms with Crippen LogP contribution in [0.25, 0.3) is 5.65 Å². The van der Waals surface area contributed by atoms with E-state index >= 15 is 0 Å². The molecule has 0 aliphatic rings. The Morgan fingerprint density at radius 3 is 2.66 bits per heavy atom. The van der Waals surface area contributed by atoms with E-state index in [4.69, 9.17) is 5.26 Å². The smallest absolute Gasteiger partial charge is 0.252 e. The fourth-order valence-corrected chi connectivity index (χ4v) is 3.90. The van der Waals surface area contributed by atoms with Gasteiger partial charge in [0.2, 0.25) is 0 Å². The molecule has 0 bridgehead atoms. The second-order valence-corrected chi connectivity index (χ2v) is 7.49. The molecule has 0 atom stereocenters. The molecule has 0 spiro atoms. The SMILES string of the molecule is N#Cc1ccc(CNC(=O)c2ccccc2SCc2cn3ccccc3n2)cc1. The van der Waals surface area contributed by atoms with E-state index in [1.54, 1.807) is 23.9 Å². The van der Waals surface area contributed by atoms with Gasteiger partial charge in [-0.1, -0.05) is 30.3 Å². The fourth-order valence-electron chi connectivity index (χ4n) is 2.96. The molecule has 4 aromatic rings. The minimum absolute atomic E-state index is 0.118. The summed E-state index contributed by atoms with van der Waals surface area (Å²) in [5, 5.41) is 11.8. The van der Waals surface area contributed by atoms with Crippen molar-refractivity contribution in [1.29, 1.82) is 5.26 Å². The Kier molecular flexibility index (Phi) is 5.59. The number of nitrogens with zero attached hydrogens (tertiary/aromatic N) is 3. The summed E-state index contributed by atoms with van der Waals surface area (Å²) >= 11 is 1.60. The maximum atomic E-state index is 12.7. The molecular weight excluding hydrogens is 380 g/mol. The molecule has 0 saturated heterocycles. The third-order valence-corrected chi connectivity index (χ3v) is 5.56. The zero-order valence-electron chi connectivity index (χ0n) is 15.6. The monoisotopic (exact) mass is 398 g/mol. The summed E-state index contributed by atoms with van der Waals surface area (Å²) in [6.07, 6.45) is 3.98. The molecule has 0 saturated carbocycles. The van der Waals surface area contributed by atoms with Crippen LogP contribution in [0.2, 0.25) is 0 Å². The van der Waals surface area contributed by atoms with Crippen molar-refractivity contribution < 1.29 is 4.79 Å². The normalized spacial score (nSPS) is 10.6. The van der Waals surface area contributed by atoms with E-state index in [0.29, 0.717) is 23.4 Å². The van der Waals surface area contributed by atoms with Crippen molar-refractivity contribution in [3.05, 3.63) is 102 Å². The van der Waals surface area contributed by atoms with Gasteiger partial charge in [-0.25, -0.2) is 4.98 Å². The van der Waals surface area contributed by atoms with E-state index in [0.717, 1.165) is 21.8 Å². The zero-order chi connectivity index (χ0) is 20.1. The Morgan fingerprint density at radius 1 is 1.07 bits per heavy atom. The van der Waals surface area contributed by atoms with Gasteiger partial charge in [0.15, 0.2) is 0 Å². The van der Waals surface area contributed by atoms with Gasteiger partial charge in [0.1, 0.15) is 5.65 Å². The summed E-state index contributed by atoms with van der Waals surface area (Å²) < 4.78 is 1.99. The number of aromatic nitrogens is 2. The maximum Gasteiger partial charge on any atom is 0.252 e. The number of rotatable bonds is 6. The molecule has 2 heterocycles. The molecule has 1 amide bonds. The third kappa shape index (κ3) is 4.48. The maximum absolute atomic E-state index is 12.7. The fraction of sp³-hybridized carbons (Fsp3) is 0.0870. The number of nitrogens with one attached hydrogen (secondary N) is 1. The number of amides is 1. The van der Waals surface area contributed by atoms with E-state index in [1.165, 1.54) is 0 Å². The van der Waals surface area contributed by atoms with Gasteiger partial charge in [-0.2, -0.15) is 5.26 Å². The average molecular weight is 398 g/mol. The minimum Gasteiger partial charge on any atom is -0.348 e. The predicted octanol–water partition coefficient (Wildman–Crippen LogP) is 4.43. The quantitative estimate of drug-likeness (QED) is 0.488. The number of imidazole rings is 1. The summed E-state index contributed by atoms with van der Waals surface area (Å²) in [5.74, 6) is 0.564. The Bertz CT molecular complexity index is 1160. The largest absolute Gasteiger partial charge is 0.348 e.